The molecule has 1 aromatic heterocycles. The average Bonchev–Trinajstić information content (AvgIpc) is 2.31. The highest BCUT2D eigenvalue weighted by Crippen LogP contribution is 2.37. The Morgan fingerprint density at radius 1 is 1.17 bits per heavy atom. The predicted octanol–water partition coefficient (Wildman–Crippen LogP) is 3.85. The Morgan fingerprint density at radius 2 is 1.78 bits per heavy atom. The largest absolute Gasteiger partial charge is 0.433 e. The molecular formula is C10H6Cl2F3N3. The van der Waals surface area contributed by atoms with E-state index in [1.807, 2.05) is 0 Å². The lowest BCUT2D eigenvalue weighted by Crippen LogP contribution is -2.13. The van der Waals surface area contributed by atoms with Crippen LogP contribution in [0.3, 0.4) is 0 Å². The second-order valence-electron chi connectivity index (χ2n) is 3.45. The smallest absolute Gasteiger partial charge is 0.323 e. The molecule has 0 aliphatic heterocycles. The van der Waals surface area contributed by atoms with Crippen molar-refractivity contribution in [2.24, 2.45) is 5.84 Å². The molecule has 0 saturated heterocycles. The Morgan fingerprint density at radius 3 is 2.33 bits per heavy atom. The van der Waals surface area contributed by atoms with Crippen LogP contribution in [0.5, 0.6) is 0 Å². The van der Waals surface area contributed by atoms with Crippen molar-refractivity contribution in [2.75, 3.05) is 5.43 Å². The molecule has 0 amide bonds. The van der Waals surface area contributed by atoms with E-state index in [0.29, 0.717) is 0 Å². The van der Waals surface area contributed by atoms with Crippen molar-refractivity contribution in [1.82, 2.24) is 4.98 Å². The minimum atomic E-state index is -4.59. The van der Waals surface area contributed by atoms with Crippen LogP contribution < -0.4 is 11.3 Å². The first-order chi connectivity index (χ1) is 8.34. The van der Waals surface area contributed by atoms with Gasteiger partial charge in [-0.3, -0.25) is 5.84 Å². The molecule has 2 rings (SSSR count). The summed E-state index contributed by atoms with van der Waals surface area (Å²) in [5.41, 5.74) is 1.04. The Kier molecular flexibility index (Phi) is 3.27. The fourth-order valence-electron chi connectivity index (χ4n) is 1.53. The van der Waals surface area contributed by atoms with Crippen LogP contribution in [0.4, 0.5) is 18.9 Å². The summed E-state index contributed by atoms with van der Waals surface area (Å²) in [6.45, 7) is 0. The van der Waals surface area contributed by atoms with E-state index in [-0.39, 0.29) is 26.6 Å². The van der Waals surface area contributed by atoms with Crippen molar-refractivity contribution in [2.45, 2.75) is 6.18 Å². The molecule has 0 fully saturated rings. The van der Waals surface area contributed by atoms with Crippen molar-refractivity contribution in [1.29, 1.82) is 0 Å². The molecule has 96 valence electrons. The summed E-state index contributed by atoms with van der Waals surface area (Å²) in [5, 5.41) is 0.528. The number of hydrogen-bond donors (Lipinski definition) is 2. The summed E-state index contributed by atoms with van der Waals surface area (Å²) in [6.07, 6.45) is -4.59. The van der Waals surface area contributed by atoms with E-state index in [9.17, 15) is 13.2 Å². The Bertz CT molecular complexity index is 613. The maximum Gasteiger partial charge on any atom is 0.433 e. The summed E-state index contributed by atoms with van der Waals surface area (Å²) >= 11 is 11.7. The van der Waals surface area contributed by atoms with Gasteiger partial charge < -0.3 is 5.43 Å². The van der Waals surface area contributed by atoms with E-state index in [2.05, 4.69) is 10.4 Å². The van der Waals surface area contributed by atoms with Crippen LogP contribution in [0.25, 0.3) is 10.9 Å². The monoisotopic (exact) mass is 295 g/mol. The van der Waals surface area contributed by atoms with Gasteiger partial charge in [0.1, 0.15) is 5.69 Å². The van der Waals surface area contributed by atoms with Crippen molar-refractivity contribution >= 4 is 39.8 Å². The second-order valence-corrected chi connectivity index (χ2v) is 4.26. The molecule has 3 nitrogen and oxygen atoms in total. The van der Waals surface area contributed by atoms with E-state index in [0.717, 1.165) is 6.07 Å². The molecule has 1 heterocycles. The number of rotatable bonds is 1. The molecule has 1 aromatic carbocycles. The molecule has 0 atom stereocenters. The number of nitrogens with two attached hydrogens (primary N) is 1. The third kappa shape index (κ3) is 2.19. The first-order valence-electron chi connectivity index (χ1n) is 4.67. The normalized spacial score (nSPS) is 11.9. The lowest BCUT2D eigenvalue weighted by molar-refractivity contribution is -0.140. The van der Waals surface area contributed by atoms with E-state index in [1.165, 1.54) is 12.1 Å². The number of hydrogen-bond acceptors (Lipinski definition) is 3. The summed E-state index contributed by atoms with van der Waals surface area (Å²) in [7, 11) is 0. The van der Waals surface area contributed by atoms with Gasteiger partial charge in [0.25, 0.3) is 0 Å². The molecule has 0 spiro atoms. The molecule has 0 radical (unpaired) electrons. The Labute approximate surface area is 110 Å². The Hall–Kier alpha value is -1.24. The summed E-state index contributed by atoms with van der Waals surface area (Å²) in [5.74, 6) is 5.20. The fraction of sp³-hybridized carbons (Fsp3) is 0.100. The van der Waals surface area contributed by atoms with Crippen LogP contribution in [-0.2, 0) is 6.18 Å². The summed E-state index contributed by atoms with van der Waals surface area (Å²) in [4.78, 5) is 3.48. The lowest BCUT2D eigenvalue weighted by Gasteiger charge is -2.12. The molecule has 3 N–H and O–H groups in total. The zero-order valence-electron chi connectivity index (χ0n) is 8.65. The highest BCUT2D eigenvalue weighted by atomic mass is 35.5. The number of halogens is 5. The zero-order valence-corrected chi connectivity index (χ0v) is 10.2. The lowest BCUT2D eigenvalue weighted by atomic mass is 10.1. The number of anilines is 1. The van der Waals surface area contributed by atoms with Crippen molar-refractivity contribution in [3.63, 3.8) is 0 Å². The fourth-order valence-corrected chi connectivity index (χ4v) is 1.98. The number of nitrogen functional groups attached to an aromatic ring is 1. The second kappa shape index (κ2) is 4.46. The zero-order chi connectivity index (χ0) is 13.5. The van der Waals surface area contributed by atoms with E-state index >= 15 is 0 Å². The molecule has 0 aliphatic rings. The number of hydrazine groups is 1. The maximum atomic E-state index is 12.7. The van der Waals surface area contributed by atoms with Crippen LogP contribution in [0.2, 0.25) is 10.0 Å². The quantitative estimate of drug-likeness (QED) is 0.621. The van der Waals surface area contributed by atoms with Gasteiger partial charge in [0.05, 0.1) is 21.2 Å². The molecule has 2 aromatic rings. The molecular weight excluding hydrogens is 290 g/mol. The summed E-state index contributed by atoms with van der Waals surface area (Å²) in [6, 6.07) is 3.62. The van der Waals surface area contributed by atoms with E-state index < -0.39 is 11.9 Å². The Balaban J connectivity index is 2.88. The number of nitrogens with one attached hydrogen (secondary N) is 1. The first-order valence-corrected chi connectivity index (χ1v) is 5.42. The minimum absolute atomic E-state index is 0.0137. The third-order valence-electron chi connectivity index (χ3n) is 2.31. The van der Waals surface area contributed by atoms with Crippen molar-refractivity contribution in [3.05, 3.63) is 33.9 Å². The average molecular weight is 296 g/mol. The van der Waals surface area contributed by atoms with Crippen molar-refractivity contribution < 1.29 is 13.2 Å². The standard InChI is InChI=1S/C10H6Cl2F3N3/c11-4-1-2-5(12)9-8(4)6(18-16)3-7(17-9)10(13,14)15/h1-3H,16H2,(H,17,18). The molecule has 8 heteroatoms. The summed E-state index contributed by atoms with van der Waals surface area (Å²) < 4.78 is 38.0. The molecule has 18 heavy (non-hydrogen) atoms. The molecule has 0 bridgehead atoms. The van der Waals surface area contributed by atoms with Gasteiger partial charge in [0.15, 0.2) is 0 Å². The third-order valence-corrected chi connectivity index (χ3v) is 2.93. The predicted molar refractivity (Wildman–Crippen MR) is 64.6 cm³/mol. The first kappa shape index (κ1) is 13.2. The van der Waals surface area contributed by atoms with Crippen LogP contribution in [-0.4, -0.2) is 4.98 Å². The van der Waals surface area contributed by atoms with Crippen molar-refractivity contribution in [3.8, 4) is 0 Å². The maximum absolute atomic E-state index is 12.7. The van der Waals surface area contributed by atoms with Gasteiger partial charge in [-0.15, -0.1) is 0 Å². The van der Waals surface area contributed by atoms with Gasteiger partial charge in [0.2, 0.25) is 0 Å². The van der Waals surface area contributed by atoms with Crippen LogP contribution >= 0.6 is 23.2 Å². The van der Waals surface area contributed by atoms with E-state index in [4.69, 9.17) is 29.0 Å². The topological polar surface area (TPSA) is 50.9 Å². The number of pyridine rings is 1. The van der Waals surface area contributed by atoms with Gasteiger partial charge in [-0.2, -0.15) is 13.2 Å². The number of alkyl halides is 3. The minimum Gasteiger partial charge on any atom is -0.323 e. The molecule has 0 unspecified atom stereocenters. The van der Waals surface area contributed by atoms with Crippen LogP contribution in [0.15, 0.2) is 18.2 Å². The number of fused-ring (bicyclic) bond motifs is 1. The SMILES string of the molecule is NNc1cc(C(F)(F)F)nc2c(Cl)ccc(Cl)c12. The van der Waals surface area contributed by atoms with Gasteiger partial charge in [-0.1, -0.05) is 23.2 Å². The van der Waals surface area contributed by atoms with Crippen LogP contribution in [0.1, 0.15) is 5.69 Å². The molecule has 0 saturated carbocycles. The van der Waals surface area contributed by atoms with Gasteiger partial charge >= 0.3 is 6.18 Å². The van der Waals surface area contributed by atoms with E-state index in [1.54, 1.807) is 0 Å². The number of aromatic nitrogens is 1. The van der Waals surface area contributed by atoms with Gasteiger partial charge in [-0.05, 0) is 18.2 Å². The van der Waals surface area contributed by atoms with Gasteiger partial charge in [0, 0.05) is 5.39 Å². The highest BCUT2D eigenvalue weighted by Gasteiger charge is 2.33. The number of nitrogens with zero attached hydrogens (tertiary/aromatic N) is 1. The number of benzene rings is 1. The van der Waals surface area contributed by atoms with Crippen LogP contribution in [0, 0.1) is 0 Å². The van der Waals surface area contributed by atoms with Gasteiger partial charge in [-0.25, -0.2) is 4.98 Å². The highest BCUT2D eigenvalue weighted by molar-refractivity contribution is 6.40. The molecule has 0 aliphatic carbocycles.